The zero-order valence-electron chi connectivity index (χ0n) is 11.1. The van der Waals surface area contributed by atoms with E-state index in [-0.39, 0.29) is 0 Å². The highest BCUT2D eigenvalue weighted by Gasteiger charge is 2.15. The average molecular weight is 324 g/mol. The van der Waals surface area contributed by atoms with Crippen molar-refractivity contribution in [3.05, 3.63) is 48.8 Å². The minimum absolute atomic E-state index is 0.318. The molecule has 0 aliphatic carbocycles. The normalized spacial score (nSPS) is 13.1. The maximum Gasteiger partial charge on any atom is 0.231 e. The highest BCUT2D eigenvalue weighted by molar-refractivity contribution is 5.87. The molecule has 0 saturated carbocycles. The third-order valence-electron chi connectivity index (χ3n) is 3.08. The van der Waals surface area contributed by atoms with E-state index in [0.29, 0.717) is 6.79 Å². The molecule has 114 valence electrons. The number of aromatic nitrogens is 1. The van der Waals surface area contributed by atoms with E-state index >= 15 is 0 Å². The van der Waals surface area contributed by atoms with Gasteiger partial charge in [-0.2, -0.15) is 4.40 Å². The molecule has 0 bridgehead atoms. The molecular formula is C14H10ClNO6. The Hall–Kier alpha value is -2.16. The number of pyridine rings is 2. The number of nitrogens with zero attached hydrogens (tertiary/aromatic N) is 1. The number of benzene rings is 1. The molecule has 0 unspecified atom stereocenters. The zero-order valence-corrected chi connectivity index (χ0v) is 11.9. The lowest BCUT2D eigenvalue weighted by molar-refractivity contribution is -2.00. The van der Waals surface area contributed by atoms with Gasteiger partial charge in [-0.1, -0.05) is 0 Å². The molecule has 1 aromatic carbocycles. The second-order valence-electron chi connectivity index (χ2n) is 4.52. The minimum Gasteiger partial charge on any atom is -0.454 e. The Morgan fingerprint density at radius 2 is 1.55 bits per heavy atom. The summed E-state index contributed by atoms with van der Waals surface area (Å²) in [5, 5.41) is 2.32. The molecule has 0 fully saturated rings. The Balaban J connectivity index is 0.000000254. The van der Waals surface area contributed by atoms with Crippen LogP contribution in [0.1, 0.15) is 0 Å². The van der Waals surface area contributed by atoms with Gasteiger partial charge in [-0.15, -0.1) is 10.2 Å². The second-order valence-corrected chi connectivity index (χ2v) is 5.27. The van der Waals surface area contributed by atoms with Crippen LogP contribution in [0.3, 0.4) is 0 Å². The second kappa shape index (κ2) is 5.56. The highest BCUT2D eigenvalue weighted by atomic mass is 35.7. The Bertz CT molecular complexity index is 765. The lowest BCUT2D eigenvalue weighted by Crippen LogP contribution is -2.68. The first-order valence-electron chi connectivity index (χ1n) is 6.15. The fourth-order valence-electron chi connectivity index (χ4n) is 2.23. The van der Waals surface area contributed by atoms with E-state index in [2.05, 4.69) is 22.7 Å². The molecule has 3 aromatic rings. The molecule has 2 aromatic heterocycles. The van der Waals surface area contributed by atoms with Crippen LogP contribution in [0.2, 0.25) is 0 Å². The van der Waals surface area contributed by atoms with Gasteiger partial charge in [0.2, 0.25) is 12.3 Å². The fraction of sp³-hybridized carbons (Fsp3) is 0.0714. The minimum atomic E-state index is -4.94. The van der Waals surface area contributed by atoms with E-state index in [1.807, 2.05) is 30.5 Å². The molecule has 0 N–H and O–H groups in total. The summed E-state index contributed by atoms with van der Waals surface area (Å²) in [6, 6.07) is 12.4. The van der Waals surface area contributed by atoms with Crippen molar-refractivity contribution in [3.63, 3.8) is 0 Å². The molecule has 3 heterocycles. The number of ether oxygens (including phenoxy) is 2. The van der Waals surface area contributed by atoms with Crippen LogP contribution in [-0.4, -0.2) is 6.79 Å². The topological polar surface area (TPSA) is 115 Å². The van der Waals surface area contributed by atoms with Gasteiger partial charge in [-0.05, 0) is 23.6 Å². The van der Waals surface area contributed by atoms with Crippen molar-refractivity contribution < 1.29 is 42.8 Å². The number of hydrogen-bond donors (Lipinski definition) is 0. The lowest BCUT2D eigenvalue weighted by atomic mass is 10.1. The smallest absolute Gasteiger partial charge is 0.231 e. The molecule has 0 atom stereocenters. The number of halogens is 1. The molecule has 4 rings (SSSR count). The van der Waals surface area contributed by atoms with Gasteiger partial charge in [0.1, 0.15) is 0 Å². The van der Waals surface area contributed by atoms with Crippen molar-refractivity contribution in [2.45, 2.75) is 0 Å². The van der Waals surface area contributed by atoms with Gasteiger partial charge in [0.05, 0.1) is 5.39 Å². The van der Waals surface area contributed by atoms with Crippen molar-refractivity contribution in [1.29, 1.82) is 0 Å². The van der Waals surface area contributed by atoms with Crippen LogP contribution in [-0.2, 0) is 0 Å². The van der Waals surface area contributed by atoms with Crippen LogP contribution in [0.5, 0.6) is 11.5 Å². The van der Waals surface area contributed by atoms with Gasteiger partial charge in [-0.3, -0.25) is 0 Å². The van der Waals surface area contributed by atoms with Gasteiger partial charge in [0, 0.05) is 18.2 Å². The summed E-state index contributed by atoms with van der Waals surface area (Å²) >= 11 is 0. The number of rotatable bonds is 0. The van der Waals surface area contributed by atoms with Crippen molar-refractivity contribution in [3.8, 4) is 11.5 Å². The Kier molecular flexibility index (Phi) is 3.73. The van der Waals surface area contributed by atoms with E-state index in [1.165, 1.54) is 10.9 Å². The summed E-state index contributed by atoms with van der Waals surface area (Å²) in [4.78, 5) is 0. The monoisotopic (exact) mass is 323 g/mol. The van der Waals surface area contributed by atoms with Gasteiger partial charge >= 0.3 is 0 Å². The van der Waals surface area contributed by atoms with Crippen molar-refractivity contribution in [2.24, 2.45) is 0 Å². The standard InChI is InChI=1S/C14H10NO2.ClHO4/c1-2-4-15-8-11-7-14-13(16-9-17-14)6-10(11)5-12(15)3-1;2-1(3,4)5/h1-8H,9H2;(H,2,3,4,5)/q+1;/p-1. The Morgan fingerprint density at radius 3 is 2.23 bits per heavy atom. The van der Waals surface area contributed by atoms with Crippen molar-refractivity contribution >= 4 is 16.3 Å². The summed E-state index contributed by atoms with van der Waals surface area (Å²) in [6.45, 7) is 0.318. The summed E-state index contributed by atoms with van der Waals surface area (Å²) in [7, 11) is -4.94. The van der Waals surface area contributed by atoms with E-state index in [4.69, 9.17) is 28.1 Å². The van der Waals surface area contributed by atoms with E-state index in [9.17, 15) is 0 Å². The maximum absolute atomic E-state index is 8.49. The predicted molar refractivity (Wildman–Crippen MR) is 63.2 cm³/mol. The lowest BCUT2D eigenvalue weighted by Gasteiger charge is -2.17. The predicted octanol–water partition coefficient (Wildman–Crippen LogP) is -2.45. The van der Waals surface area contributed by atoms with Crippen LogP contribution >= 0.6 is 0 Å². The Labute approximate surface area is 126 Å². The quantitative estimate of drug-likeness (QED) is 0.335. The molecule has 22 heavy (non-hydrogen) atoms. The molecule has 0 radical (unpaired) electrons. The molecule has 0 amide bonds. The van der Waals surface area contributed by atoms with Gasteiger partial charge in [0.15, 0.2) is 23.9 Å². The first kappa shape index (κ1) is 14.8. The third kappa shape index (κ3) is 3.35. The summed E-state index contributed by atoms with van der Waals surface area (Å²) in [6.07, 6.45) is 4.14. The molecule has 1 aliphatic rings. The highest BCUT2D eigenvalue weighted by Crippen LogP contribution is 2.35. The summed E-state index contributed by atoms with van der Waals surface area (Å²) in [5.74, 6) is 1.66. The summed E-state index contributed by atoms with van der Waals surface area (Å²) < 4.78 is 46.9. The van der Waals surface area contributed by atoms with Gasteiger partial charge in [0.25, 0.3) is 0 Å². The van der Waals surface area contributed by atoms with Gasteiger partial charge < -0.3 is 9.47 Å². The molecule has 1 aliphatic heterocycles. The molecular weight excluding hydrogens is 314 g/mol. The SMILES string of the molecule is [O-][Cl+3]([O-])([O-])[O-].c1cc[n+]2cc3cc4c(cc3cc2c1)OCO4. The van der Waals surface area contributed by atoms with Crippen LogP contribution < -0.4 is 32.5 Å². The molecule has 7 nitrogen and oxygen atoms in total. The molecule has 0 spiro atoms. The number of hydrogen-bond acceptors (Lipinski definition) is 6. The van der Waals surface area contributed by atoms with E-state index < -0.39 is 10.2 Å². The van der Waals surface area contributed by atoms with E-state index in [0.717, 1.165) is 16.9 Å². The first-order valence-corrected chi connectivity index (χ1v) is 7.39. The zero-order chi connectivity index (χ0) is 15.7. The van der Waals surface area contributed by atoms with Crippen LogP contribution in [0, 0.1) is 10.2 Å². The fourth-order valence-corrected chi connectivity index (χ4v) is 2.23. The third-order valence-corrected chi connectivity index (χ3v) is 3.08. The molecule has 8 heteroatoms. The Morgan fingerprint density at radius 1 is 0.909 bits per heavy atom. The van der Waals surface area contributed by atoms with Crippen molar-refractivity contribution in [2.75, 3.05) is 6.79 Å². The average Bonchev–Trinajstić information content (AvgIpc) is 2.87. The van der Waals surface area contributed by atoms with Crippen LogP contribution in [0.25, 0.3) is 16.3 Å². The summed E-state index contributed by atoms with van der Waals surface area (Å²) in [5.41, 5.74) is 1.17. The van der Waals surface area contributed by atoms with Crippen molar-refractivity contribution in [1.82, 2.24) is 0 Å². The van der Waals surface area contributed by atoms with Crippen LogP contribution in [0.4, 0.5) is 0 Å². The van der Waals surface area contributed by atoms with Gasteiger partial charge in [-0.25, -0.2) is 18.6 Å². The maximum atomic E-state index is 8.49. The molecule has 0 saturated heterocycles. The van der Waals surface area contributed by atoms with E-state index in [1.54, 1.807) is 0 Å². The number of fused-ring (bicyclic) bond motifs is 3. The first-order chi connectivity index (χ1) is 10.4. The largest absolute Gasteiger partial charge is 0.454 e. The van der Waals surface area contributed by atoms with Crippen LogP contribution in [0.15, 0.2) is 48.8 Å².